The number of azo groups is 2. The van der Waals surface area contributed by atoms with Crippen molar-refractivity contribution in [2.45, 2.75) is 19.6 Å². The molecule has 288 valence electrons. The molecule has 0 heterocycles. The molecule has 31 heteroatoms. The third kappa shape index (κ3) is 11.5. The summed E-state index contributed by atoms with van der Waals surface area (Å²) in [6, 6.07) is 5.76. The minimum Gasteiger partial charge on any atom is -0.807 e. The maximum Gasteiger partial charge on any atom is 1.00 e. The van der Waals surface area contributed by atoms with E-state index >= 15 is 0 Å². The smallest absolute Gasteiger partial charge is 0.807 e. The van der Waals surface area contributed by atoms with Gasteiger partial charge in [0, 0.05) is 0 Å². The topological polar surface area (TPSA) is 531 Å². The summed E-state index contributed by atoms with van der Waals surface area (Å²) < 4.78 is 151. The van der Waals surface area contributed by atoms with Gasteiger partial charge >= 0.3 is 29.6 Å². The Labute approximate surface area is 322 Å². The van der Waals surface area contributed by atoms with Crippen molar-refractivity contribution in [1.29, 1.82) is 0 Å². The first-order chi connectivity index (χ1) is 21.8. The van der Waals surface area contributed by atoms with E-state index in [4.69, 9.17) is 5.73 Å². The van der Waals surface area contributed by atoms with Gasteiger partial charge in [0.2, 0.25) is 0 Å². The molecule has 0 aliphatic carbocycles. The molecule has 25 nitrogen and oxygen atoms in total. The average Bonchev–Trinajstić information content (AvgIpc) is 2.93. The second-order valence-electron chi connectivity index (χ2n) is 9.19. The van der Waals surface area contributed by atoms with Gasteiger partial charge in [0.25, 0.3) is 10.1 Å². The van der Waals surface area contributed by atoms with Crippen LogP contribution in [0.15, 0.2) is 94.6 Å². The van der Waals surface area contributed by atoms with Crippen LogP contribution in [0.2, 0.25) is 0 Å². The second kappa shape index (κ2) is 17.8. The summed E-state index contributed by atoms with van der Waals surface area (Å²) in [4.78, 5) is 17.7. The zero-order valence-electron chi connectivity index (χ0n) is 27.8. The molecule has 0 spiro atoms. The molecule has 0 fully saturated rings. The van der Waals surface area contributed by atoms with Crippen molar-refractivity contribution in [3.8, 4) is 5.75 Å². The van der Waals surface area contributed by atoms with E-state index in [0.717, 1.165) is 18.2 Å². The van der Waals surface area contributed by atoms with Crippen LogP contribution >= 0.6 is 7.60 Å². The first-order valence-electron chi connectivity index (χ1n) is 11.9. The van der Waals surface area contributed by atoms with E-state index in [0.29, 0.717) is 36.4 Å². The summed E-state index contributed by atoms with van der Waals surface area (Å²) in [6.45, 7) is 0. The van der Waals surface area contributed by atoms with Crippen LogP contribution in [0.3, 0.4) is 0 Å². The minimum absolute atomic E-state index is 0. The zero-order valence-corrected chi connectivity index (χ0v) is 33.9. The van der Waals surface area contributed by atoms with Crippen LogP contribution in [0.4, 0.5) is 28.4 Å². The summed E-state index contributed by atoms with van der Waals surface area (Å²) >= 11 is 0. The summed E-state index contributed by atoms with van der Waals surface area (Å²) in [5, 5.41) is 22.5. The molecule has 0 radical (unpaired) electrons. The van der Waals surface area contributed by atoms with Gasteiger partial charge in [-0.1, -0.05) is 12.1 Å². The summed E-state index contributed by atoms with van der Waals surface area (Å²) in [7, 11) is -27.1. The van der Waals surface area contributed by atoms with E-state index in [1.54, 1.807) is 0 Å². The molecule has 53 heavy (non-hydrogen) atoms. The zero-order chi connectivity index (χ0) is 36.2. The number of hydrogen-bond acceptors (Lipinski definition) is 20. The van der Waals surface area contributed by atoms with Crippen molar-refractivity contribution < 1.29 is 101 Å². The Morgan fingerprint density at radius 3 is 1.64 bits per heavy atom. The summed E-state index contributed by atoms with van der Waals surface area (Å²) in [6.07, 6.45) is 0. The van der Waals surface area contributed by atoms with Crippen LogP contribution in [0.5, 0.6) is 5.75 Å². The predicted molar refractivity (Wildman–Crippen MR) is 176 cm³/mol. The molecule has 0 saturated carbocycles. The predicted octanol–water partition coefficient (Wildman–Crippen LogP) is -1.03. The van der Waals surface area contributed by atoms with Crippen LogP contribution in [-0.4, -0.2) is 57.0 Å². The molecule has 20 N–H and O–H groups in total. The molecule has 4 aromatic carbocycles. The number of quaternary nitrogens is 4. The van der Waals surface area contributed by atoms with Gasteiger partial charge in [-0.3, -0.25) is 4.55 Å². The maximum absolute atomic E-state index is 12.2. The Kier molecular flexibility index (Phi) is 17.4. The number of phenols is 1. The van der Waals surface area contributed by atoms with Gasteiger partial charge in [-0.2, -0.15) is 13.5 Å². The Hall–Kier alpha value is -3.43. The Morgan fingerprint density at radius 2 is 1.17 bits per heavy atom. The van der Waals surface area contributed by atoms with Crippen molar-refractivity contribution in [2.75, 3.05) is 5.73 Å². The van der Waals surface area contributed by atoms with Crippen LogP contribution < -0.4 is 75.0 Å². The molecule has 0 aromatic heterocycles. The molecule has 4 rings (SSSR count). The average molecular weight is 858 g/mol. The van der Waals surface area contributed by atoms with Crippen LogP contribution in [0.1, 0.15) is 0 Å². The normalized spacial score (nSPS) is 12.3. The van der Waals surface area contributed by atoms with Crippen molar-refractivity contribution in [1.82, 2.24) is 24.6 Å². The third-order valence-corrected chi connectivity index (χ3v) is 10.4. The first-order valence-corrected chi connectivity index (χ1v) is 19.1. The van der Waals surface area contributed by atoms with E-state index in [9.17, 15) is 71.3 Å². The van der Waals surface area contributed by atoms with Gasteiger partial charge in [0.05, 0.1) is 31.4 Å². The third-order valence-electron chi connectivity index (χ3n) is 6.02. The van der Waals surface area contributed by atoms with Gasteiger partial charge in [-0.25, -0.2) is 25.3 Å². The van der Waals surface area contributed by atoms with Crippen molar-refractivity contribution >= 4 is 92.6 Å². The number of fused-ring (bicyclic) bond motifs is 1. The van der Waals surface area contributed by atoms with Gasteiger partial charge < -0.3 is 63.5 Å². The number of rotatable bonds is 9. The molecule has 4 aromatic rings. The number of hydrogen-bond donors (Lipinski definition) is 7. The van der Waals surface area contributed by atoms with Crippen molar-refractivity contribution in [3.63, 3.8) is 0 Å². The fraction of sp³-hybridized carbons (Fsp3) is 0. The molecule has 0 atom stereocenters. The number of nitrogens with two attached hydrogens (primary N) is 1. The van der Waals surface area contributed by atoms with E-state index in [2.05, 4.69) is 20.5 Å². The Balaban J connectivity index is 0. The standard InChI is InChI=1S/C22H18N5O16PS4.4H3N.Na/c23-19-18-10(7-17(48(41,42)43)21(22(18)28)27-24-11-2-1-3-12(8-11)44(29,30)31)6-16(47(38,39)40)20(19)26-25-14-9-13(45(32,33)34)4-5-15(14)46(35,36)37;;;;;/h1-9,28H,23H2,(H2,29,30,31)(H,32,33,34)(H,35,36,37)(H,38,39,40)(H,41,42,43);4*1H3;/q;;;;;+1/p-1. The van der Waals surface area contributed by atoms with Crippen molar-refractivity contribution in [2.24, 2.45) is 20.5 Å². The largest absolute Gasteiger partial charge is 1.00 e. The van der Waals surface area contributed by atoms with E-state index in [1.165, 1.54) is 0 Å². The summed E-state index contributed by atoms with van der Waals surface area (Å²) in [5.41, 5.74) is 1.13. The molecule has 0 aliphatic heterocycles. The fourth-order valence-electron chi connectivity index (χ4n) is 3.98. The number of anilines is 1. The van der Waals surface area contributed by atoms with Crippen LogP contribution in [-0.2, 0) is 45.0 Å². The Bertz CT molecular complexity index is 2600. The molecule has 0 saturated heterocycles. The monoisotopic (exact) mass is 857 g/mol. The number of benzene rings is 4. The van der Waals surface area contributed by atoms with Crippen LogP contribution in [0, 0.1) is 0 Å². The molecular formula is C22H29N9NaO16PS4. The van der Waals surface area contributed by atoms with E-state index in [1.807, 2.05) is 0 Å². The molecule has 0 unspecified atom stereocenters. The molecule has 0 aliphatic rings. The van der Waals surface area contributed by atoms with Gasteiger partial charge in [-0.05, 0) is 60.8 Å². The maximum atomic E-state index is 12.2. The van der Waals surface area contributed by atoms with Gasteiger partial charge in [-0.15, -0.1) is 15.3 Å². The van der Waals surface area contributed by atoms with E-state index in [-0.39, 0.29) is 54.2 Å². The minimum atomic E-state index is -5.68. The number of aromatic hydroxyl groups is 1. The second-order valence-corrected chi connectivity index (χ2v) is 16.2. The van der Waals surface area contributed by atoms with E-state index < -0.39 is 118 Å². The molecule has 0 amide bonds. The first kappa shape index (κ1) is 51.7. The quantitative estimate of drug-likeness (QED) is 0.0348. The number of phenolic OH excluding ortho intramolecular Hbond substituents is 1. The van der Waals surface area contributed by atoms with Crippen LogP contribution in [0.25, 0.3) is 10.8 Å². The fourth-order valence-corrected chi connectivity index (χ4v) is 6.94. The van der Waals surface area contributed by atoms with Gasteiger partial charge in [0.15, 0.2) is 5.75 Å². The number of nitrogens with zero attached hydrogens (tertiary/aromatic N) is 4. The summed E-state index contributed by atoms with van der Waals surface area (Å²) in [5.74, 6) is -1.32. The van der Waals surface area contributed by atoms with Crippen molar-refractivity contribution in [3.05, 3.63) is 54.6 Å². The SMILES string of the molecule is Nc1c(N=Nc2cc(S(=O)(=O)[O-])ccc2S(=O)(=O)O)c(S(=O)(=O)[O-])cc2cc(S(=O)(=O)[O-])c(N=Nc3cccc(P(=O)([O-])[O-])c3)c(O)c12.[NH4+].[NH4+].[NH4+].[NH4+].[Na+]. The number of nitrogen functional groups attached to an aromatic ring is 1. The van der Waals surface area contributed by atoms with Gasteiger partial charge in [0.1, 0.15) is 52.3 Å². The molecular weight excluding hydrogens is 829 g/mol. The Morgan fingerprint density at radius 1 is 0.660 bits per heavy atom. The molecule has 0 bridgehead atoms.